The molecule has 1 nitrogen and oxygen atoms in total. The smallest absolute Gasteiger partial charge is 0.405 e. The molecule has 0 saturated carbocycles. The van der Waals surface area contributed by atoms with Crippen LogP contribution in [0.5, 0.6) is 0 Å². The summed E-state index contributed by atoms with van der Waals surface area (Å²) in [6.45, 7) is 6.50. The third kappa shape index (κ3) is 7.60. The van der Waals surface area contributed by atoms with Gasteiger partial charge < -0.3 is 5.73 Å². The van der Waals surface area contributed by atoms with Crippen molar-refractivity contribution in [1.82, 2.24) is 0 Å². The monoisotopic (exact) mass is 361 g/mol. The normalized spacial score (nSPS) is 12.2. The highest BCUT2D eigenvalue weighted by Gasteiger charge is 2.33. The second kappa shape index (κ2) is 10.5. The van der Waals surface area contributed by atoms with Crippen LogP contribution in [0.2, 0.25) is 0 Å². The van der Waals surface area contributed by atoms with Gasteiger partial charge in [-0.25, -0.2) is 0 Å². The number of nitrogens with two attached hydrogens (primary N) is 1. The van der Waals surface area contributed by atoms with E-state index in [-0.39, 0.29) is 5.56 Å². The number of hydrogen-bond donors (Lipinski definition) is 1. The van der Waals surface area contributed by atoms with Crippen molar-refractivity contribution in [2.45, 2.75) is 33.4 Å². The molecule has 0 aliphatic carbocycles. The van der Waals surface area contributed by atoms with Gasteiger partial charge in [-0.2, -0.15) is 13.2 Å². The van der Waals surface area contributed by atoms with Crippen molar-refractivity contribution in [2.24, 2.45) is 11.7 Å². The van der Waals surface area contributed by atoms with E-state index in [0.717, 1.165) is 17.5 Å². The van der Waals surface area contributed by atoms with Crippen LogP contribution >= 0.6 is 0 Å². The maximum Gasteiger partial charge on any atom is 0.417 e. The highest BCUT2D eigenvalue weighted by molar-refractivity contribution is 5.76. The first-order valence-corrected chi connectivity index (χ1v) is 8.54. The standard InChI is InChI=1S/C18H16F3N.C4H10/c19-18(20,21)17-9-5-4-8-16(17)15(12-13-22)11-10-14-6-2-1-3-7-14;1-4(2)3/h1-9,11-13H,10,22H2;4H,1-3H3/b13-12-,15-11+;. The lowest BCUT2D eigenvalue weighted by atomic mass is 9.97. The molecule has 0 aromatic heterocycles. The summed E-state index contributed by atoms with van der Waals surface area (Å²) in [5.74, 6) is 0.833. The minimum atomic E-state index is -4.40. The summed E-state index contributed by atoms with van der Waals surface area (Å²) >= 11 is 0. The Morgan fingerprint density at radius 3 is 2.04 bits per heavy atom. The lowest BCUT2D eigenvalue weighted by Crippen LogP contribution is -2.08. The quantitative estimate of drug-likeness (QED) is 0.621. The molecule has 140 valence electrons. The lowest BCUT2D eigenvalue weighted by Gasteiger charge is -2.13. The molecular formula is C22H26F3N. The van der Waals surface area contributed by atoms with Gasteiger partial charge in [-0.3, -0.25) is 0 Å². The molecule has 0 amide bonds. The molecule has 0 spiro atoms. The molecule has 2 rings (SSSR count). The second-order valence-electron chi connectivity index (χ2n) is 6.48. The van der Waals surface area contributed by atoms with E-state index in [4.69, 9.17) is 5.73 Å². The summed E-state index contributed by atoms with van der Waals surface area (Å²) in [6, 6.07) is 15.0. The number of halogens is 3. The van der Waals surface area contributed by atoms with Gasteiger partial charge in [0.05, 0.1) is 5.56 Å². The van der Waals surface area contributed by atoms with Crippen LogP contribution in [-0.2, 0) is 12.6 Å². The Morgan fingerprint density at radius 1 is 0.962 bits per heavy atom. The highest BCUT2D eigenvalue weighted by atomic mass is 19.4. The predicted octanol–water partition coefficient (Wildman–Crippen LogP) is 6.47. The van der Waals surface area contributed by atoms with Crippen LogP contribution in [0.3, 0.4) is 0 Å². The SMILES string of the molecule is CC(C)C.N/C=C\C(=C/Cc1ccccc1)c1ccccc1C(F)(F)F. The van der Waals surface area contributed by atoms with E-state index in [9.17, 15) is 13.2 Å². The highest BCUT2D eigenvalue weighted by Crippen LogP contribution is 2.35. The molecule has 0 fully saturated rings. The molecule has 0 radical (unpaired) electrons. The summed E-state index contributed by atoms with van der Waals surface area (Å²) in [4.78, 5) is 0. The van der Waals surface area contributed by atoms with E-state index in [1.165, 1.54) is 24.4 Å². The van der Waals surface area contributed by atoms with Crippen molar-refractivity contribution < 1.29 is 13.2 Å². The van der Waals surface area contributed by atoms with E-state index >= 15 is 0 Å². The molecule has 2 aromatic carbocycles. The van der Waals surface area contributed by atoms with Gasteiger partial charge in [-0.1, -0.05) is 75.4 Å². The van der Waals surface area contributed by atoms with Gasteiger partial charge in [0.2, 0.25) is 0 Å². The molecule has 0 unspecified atom stereocenters. The molecule has 0 bridgehead atoms. The fraction of sp³-hybridized carbons (Fsp3) is 0.273. The first kappa shape index (κ1) is 21.6. The molecule has 0 aliphatic rings. The van der Waals surface area contributed by atoms with Gasteiger partial charge in [0.15, 0.2) is 0 Å². The minimum absolute atomic E-state index is 0.132. The van der Waals surface area contributed by atoms with Crippen LogP contribution in [0.15, 0.2) is 72.9 Å². The third-order valence-electron chi connectivity index (χ3n) is 3.22. The predicted molar refractivity (Wildman–Crippen MR) is 103 cm³/mol. The molecule has 0 atom stereocenters. The van der Waals surface area contributed by atoms with Crippen LogP contribution in [0.1, 0.15) is 37.5 Å². The van der Waals surface area contributed by atoms with Crippen molar-refractivity contribution in [3.05, 3.63) is 89.6 Å². The number of alkyl halides is 3. The third-order valence-corrected chi connectivity index (χ3v) is 3.22. The summed E-state index contributed by atoms with van der Waals surface area (Å²) < 4.78 is 39.4. The van der Waals surface area contributed by atoms with Gasteiger partial charge >= 0.3 is 6.18 Å². The first-order chi connectivity index (χ1) is 12.3. The molecule has 2 N–H and O–H groups in total. The van der Waals surface area contributed by atoms with Crippen molar-refractivity contribution in [2.75, 3.05) is 0 Å². The van der Waals surface area contributed by atoms with Crippen LogP contribution in [0.4, 0.5) is 13.2 Å². The van der Waals surface area contributed by atoms with E-state index in [1.54, 1.807) is 12.1 Å². The number of rotatable bonds is 4. The summed E-state index contributed by atoms with van der Waals surface area (Å²) in [6.07, 6.45) is 0.637. The maximum absolute atomic E-state index is 13.1. The van der Waals surface area contributed by atoms with Crippen LogP contribution < -0.4 is 5.73 Å². The molecular weight excluding hydrogens is 335 g/mol. The number of hydrogen-bond acceptors (Lipinski definition) is 1. The Bertz CT molecular complexity index is 711. The molecule has 0 saturated heterocycles. The van der Waals surface area contributed by atoms with Crippen LogP contribution in [-0.4, -0.2) is 0 Å². The fourth-order valence-electron chi connectivity index (χ4n) is 2.20. The van der Waals surface area contributed by atoms with Crippen LogP contribution in [0.25, 0.3) is 5.57 Å². The van der Waals surface area contributed by atoms with Crippen molar-refractivity contribution in [1.29, 1.82) is 0 Å². The Kier molecular flexibility index (Phi) is 8.70. The van der Waals surface area contributed by atoms with Gasteiger partial charge in [-0.15, -0.1) is 0 Å². The lowest BCUT2D eigenvalue weighted by molar-refractivity contribution is -0.137. The molecule has 0 heterocycles. The van der Waals surface area contributed by atoms with E-state index in [2.05, 4.69) is 20.8 Å². The summed E-state index contributed by atoms with van der Waals surface area (Å²) in [5, 5.41) is 0. The van der Waals surface area contributed by atoms with Gasteiger partial charge in [0.25, 0.3) is 0 Å². The zero-order valence-electron chi connectivity index (χ0n) is 15.4. The van der Waals surface area contributed by atoms with Crippen molar-refractivity contribution >= 4 is 5.57 Å². The summed E-state index contributed by atoms with van der Waals surface area (Å²) in [5.41, 5.74) is 6.35. The Labute approximate surface area is 154 Å². The average molecular weight is 361 g/mol. The number of benzene rings is 2. The number of allylic oxidation sites excluding steroid dienone is 3. The molecule has 2 aromatic rings. The second-order valence-corrected chi connectivity index (χ2v) is 6.48. The Morgan fingerprint density at radius 2 is 1.50 bits per heavy atom. The van der Waals surface area contributed by atoms with Crippen LogP contribution in [0, 0.1) is 5.92 Å². The van der Waals surface area contributed by atoms with E-state index in [1.807, 2.05) is 30.3 Å². The average Bonchev–Trinajstić information content (AvgIpc) is 2.58. The van der Waals surface area contributed by atoms with Gasteiger partial charge in [0, 0.05) is 0 Å². The van der Waals surface area contributed by atoms with E-state index in [0.29, 0.717) is 12.0 Å². The topological polar surface area (TPSA) is 26.0 Å². The first-order valence-electron chi connectivity index (χ1n) is 8.54. The van der Waals surface area contributed by atoms with Gasteiger partial charge in [0.1, 0.15) is 0 Å². The maximum atomic E-state index is 13.1. The van der Waals surface area contributed by atoms with E-state index < -0.39 is 11.7 Å². The summed E-state index contributed by atoms with van der Waals surface area (Å²) in [7, 11) is 0. The van der Waals surface area contributed by atoms with Gasteiger partial charge in [-0.05, 0) is 47.4 Å². The molecule has 26 heavy (non-hydrogen) atoms. The van der Waals surface area contributed by atoms with Crippen molar-refractivity contribution in [3.8, 4) is 0 Å². The minimum Gasteiger partial charge on any atom is -0.405 e. The largest absolute Gasteiger partial charge is 0.417 e. The molecule has 0 aliphatic heterocycles. The van der Waals surface area contributed by atoms with Crippen molar-refractivity contribution in [3.63, 3.8) is 0 Å². The Balaban J connectivity index is 0.000000765. The fourth-order valence-corrected chi connectivity index (χ4v) is 2.20. The zero-order chi connectivity index (χ0) is 19.6. The zero-order valence-corrected chi connectivity index (χ0v) is 15.4. The molecule has 4 heteroatoms. The Hall–Kier alpha value is -2.49.